The Labute approximate surface area is 127 Å². The minimum absolute atomic E-state index is 0.0509. The standard InChI is InChI=1S/C19H15Br/c1-19(2)17-11-13(20)8-10-15(17)16-9-7-12-5-3-4-6-14(12)18(16)19/h3-11H,1-2H3. The van der Waals surface area contributed by atoms with Crippen molar-refractivity contribution in [2.45, 2.75) is 19.3 Å². The fourth-order valence-electron chi connectivity index (χ4n) is 3.57. The molecule has 0 heterocycles. The highest BCUT2D eigenvalue weighted by Gasteiger charge is 2.36. The molecule has 0 unspecified atom stereocenters. The van der Waals surface area contributed by atoms with Gasteiger partial charge in [-0.05, 0) is 45.2 Å². The first-order chi connectivity index (χ1) is 9.59. The van der Waals surface area contributed by atoms with Crippen LogP contribution in [0, 0.1) is 0 Å². The van der Waals surface area contributed by atoms with Gasteiger partial charge in [-0.25, -0.2) is 0 Å². The molecule has 0 spiro atoms. The Kier molecular flexibility index (Phi) is 2.41. The lowest BCUT2D eigenvalue weighted by Crippen LogP contribution is -2.15. The van der Waals surface area contributed by atoms with Crippen LogP contribution in [0.15, 0.2) is 59.1 Å². The van der Waals surface area contributed by atoms with Crippen LogP contribution in [0.25, 0.3) is 21.9 Å². The molecule has 98 valence electrons. The van der Waals surface area contributed by atoms with Crippen molar-refractivity contribution in [3.63, 3.8) is 0 Å². The Morgan fingerprint density at radius 1 is 0.850 bits per heavy atom. The molecule has 4 rings (SSSR count). The number of hydrogen-bond acceptors (Lipinski definition) is 0. The summed E-state index contributed by atoms with van der Waals surface area (Å²) >= 11 is 3.61. The van der Waals surface area contributed by atoms with Crippen LogP contribution in [-0.4, -0.2) is 0 Å². The highest BCUT2D eigenvalue weighted by Crippen LogP contribution is 2.51. The van der Waals surface area contributed by atoms with Crippen molar-refractivity contribution in [1.82, 2.24) is 0 Å². The van der Waals surface area contributed by atoms with E-state index in [1.165, 1.54) is 33.0 Å². The Morgan fingerprint density at radius 2 is 1.60 bits per heavy atom. The van der Waals surface area contributed by atoms with Gasteiger partial charge in [0.25, 0.3) is 0 Å². The van der Waals surface area contributed by atoms with Crippen molar-refractivity contribution in [3.05, 3.63) is 70.2 Å². The molecular weight excluding hydrogens is 308 g/mol. The summed E-state index contributed by atoms with van der Waals surface area (Å²) in [5, 5.41) is 2.70. The average Bonchev–Trinajstić information content (AvgIpc) is 2.67. The highest BCUT2D eigenvalue weighted by atomic mass is 79.9. The van der Waals surface area contributed by atoms with Crippen LogP contribution in [-0.2, 0) is 5.41 Å². The van der Waals surface area contributed by atoms with Gasteiger partial charge in [0.2, 0.25) is 0 Å². The summed E-state index contributed by atoms with van der Waals surface area (Å²) in [5.41, 5.74) is 5.69. The molecule has 0 radical (unpaired) electrons. The van der Waals surface area contributed by atoms with E-state index in [4.69, 9.17) is 0 Å². The molecule has 0 bridgehead atoms. The van der Waals surface area contributed by atoms with Crippen LogP contribution >= 0.6 is 15.9 Å². The van der Waals surface area contributed by atoms with Crippen LogP contribution in [0.2, 0.25) is 0 Å². The molecule has 3 aromatic carbocycles. The first kappa shape index (κ1) is 12.2. The van der Waals surface area contributed by atoms with Gasteiger partial charge in [-0.15, -0.1) is 0 Å². The maximum Gasteiger partial charge on any atom is 0.0178 e. The molecule has 3 aromatic rings. The van der Waals surface area contributed by atoms with E-state index in [-0.39, 0.29) is 5.41 Å². The van der Waals surface area contributed by atoms with Crippen molar-refractivity contribution in [1.29, 1.82) is 0 Å². The van der Waals surface area contributed by atoms with E-state index in [9.17, 15) is 0 Å². The summed E-state index contributed by atoms with van der Waals surface area (Å²) in [6, 6.07) is 19.9. The predicted octanol–water partition coefficient (Wildman–Crippen LogP) is 5.91. The summed E-state index contributed by atoms with van der Waals surface area (Å²) in [4.78, 5) is 0. The zero-order valence-corrected chi connectivity index (χ0v) is 13.2. The number of hydrogen-bond donors (Lipinski definition) is 0. The van der Waals surface area contributed by atoms with Gasteiger partial charge in [-0.3, -0.25) is 0 Å². The van der Waals surface area contributed by atoms with Gasteiger partial charge in [-0.1, -0.05) is 72.2 Å². The number of halogens is 1. The molecule has 0 nitrogen and oxygen atoms in total. The third-order valence-corrected chi connectivity index (χ3v) is 4.99. The summed E-state index contributed by atoms with van der Waals surface area (Å²) < 4.78 is 1.15. The topological polar surface area (TPSA) is 0 Å². The lowest BCUT2D eigenvalue weighted by Gasteiger charge is -2.23. The van der Waals surface area contributed by atoms with Crippen LogP contribution in [0.4, 0.5) is 0 Å². The number of benzene rings is 3. The highest BCUT2D eigenvalue weighted by molar-refractivity contribution is 9.10. The average molecular weight is 323 g/mol. The molecule has 1 heteroatoms. The van der Waals surface area contributed by atoms with E-state index in [1.54, 1.807) is 0 Å². The quantitative estimate of drug-likeness (QED) is 0.482. The Hall–Kier alpha value is -1.60. The zero-order valence-electron chi connectivity index (χ0n) is 11.6. The zero-order chi connectivity index (χ0) is 13.9. The first-order valence-electron chi connectivity index (χ1n) is 6.92. The van der Waals surface area contributed by atoms with Crippen molar-refractivity contribution >= 4 is 26.7 Å². The molecule has 0 N–H and O–H groups in total. The van der Waals surface area contributed by atoms with E-state index < -0.39 is 0 Å². The summed E-state index contributed by atoms with van der Waals surface area (Å²) in [6.45, 7) is 4.66. The Morgan fingerprint density at radius 3 is 2.45 bits per heavy atom. The van der Waals surface area contributed by atoms with Gasteiger partial charge in [0.1, 0.15) is 0 Å². The summed E-state index contributed by atoms with van der Waals surface area (Å²) in [7, 11) is 0. The van der Waals surface area contributed by atoms with E-state index in [1.807, 2.05) is 0 Å². The fraction of sp³-hybridized carbons (Fsp3) is 0.158. The molecule has 1 aliphatic carbocycles. The van der Waals surface area contributed by atoms with E-state index in [0.29, 0.717) is 0 Å². The van der Waals surface area contributed by atoms with Crippen LogP contribution in [0.3, 0.4) is 0 Å². The molecule has 0 aromatic heterocycles. The maximum atomic E-state index is 3.61. The summed E-state index contributed by atoms with van der Waals surface area (Å²) in [5.74, 6) is 0. The maximum absolute atomic E-state index is 3.61. The van der Waals surface area contributed by atoms with Gasteiger partial charge in [0.05, 0.1) is 0 Å². The van der Waals surface area contributed by atoms with Gasteiger partial charge < -0.3 is 0 Å². The minimum Gasteiger partial charge on any atom is -0.0616 e. The van der Waals surface area contributed by atoms with Gasteiger partial charge in [0.15, 0.2) is 0 Å². The molecule has 0 atom stereocenters. The molecule has 0 saturated heterocycles. The SMILES string of the molecule is CC1(C)c2cc(Br)ccc2-c2ccc3ccccc3c21. The fourth-order valence-corrected chi connectivity index (χ4v) is 3.93. The van der Waals surface area contributed by atoms with E-state index in [2.05, 4.69) is 84.4 Å². The molecule has 0 fully saturated rings. The number of fused-ring (bicyclic) bond motifs is 5. The second kappa shape index (κ2) is 3.95. The van der Waals surface area contributed by atoms with Crippen LogP contribution in [0.5, 0.6) is 0 Å². The summed E-state index contributed by atoms with van der Waals surface area (Å²) in [6.07, 6.45) is 0. The van der Waals surface area contributed by atoms with Gasteiger partial charge in [0, 0.05) is 9.89 Å². The van der Waals surface area contributed by atoms with E-state index in [0.717, 1.165) is 4.47 Å². The molecule has 20 heavy (non-hydrogen) atoms. The Bertz CT molecular complexity index is 844. The molecular formula is C19H15Br. The van der Waals surface area contributed by atoms with E-state index >= 15 is 0 Å². The van der Waals surface area contributed by atoms with Crippen molar-refractivity contribution in [2.24, 2.45) is 0 Å². The predicted molar refractivity (Wildman–Crippen MR) is 89.2 cm³/mol. The normalized spacial score (nSPS) is 15.2. The second-order valence-corrected chi connectivity index (χ2v) is 6.94. The smallest absolute Gasteiger partial charge is 0.0178 e. The second-order valence-electron chi connectivity index (χ2n) is 6.02. The van der Waals surface area contributed by atoms with Gasteiger partial charge in [-0.2, -0.15) is 0 Å². The largest absolute Gasteiger partial charge is 0.0616 e. The monoisotopic (exact) mass is 322 g/mol. The molecule has 0 aliphatic heterocycles. The third-order valence-electron chi connectivity index (χ3n) is 4.50. The molecule has 0 saturated carbocycles. The minimum atomic E-state index is 0.0509. The van der Waals surface area contributed by atoms with Crippen molar-refractivity contribution < 1.29 is 0 Å². The van der Waals surface area contributed by atoms with Crippen LogP contribution < -0.4 is 0 Å². The van der Waals surface area contributed by atoms with Crippen molar-refractivity contribution in [3.8, 4) is 11.1 Å². The van der Waals surface area contributed by atoms with Crippen molar-refractivity contribution in [2.75, 3.05) is 0 Å². The lowest BCUT2D eigenvalue weighted by molar-refractivity contribution is 0.666. The van der Waals surface area contributed by atoms with Crippen LogP contribution in [0.1, 0.15) is 25.0 Å². The Balaban J connectivity index is 2.17. The first-order valence-corrected chi connectivity index (χ1v) is 7.71. The molecule has 1 aliphatic rings. The lowest BCUT2D eigenvalue weighted by atomic mass is 9.80. The van der Waals surface area contributed by atoms with Gasteiger partial charge >= 0.3 is 0 Å². The third kappa shape index (κ3) is 1.47. The molecule has 0 amide bonds. The number of rotatable bonds is 0.